The number of pyridine rings is 1. The van der Waals surface area contributed by atoms with Gasteiger partial charge in [0.2, 0.25) is 0 Å². The van der Waals surface area contributed by atoms with Crippen molar-refractivity contribution >= 4 is 43.1 Å². The maximum Gasteiger partial charge on any atom is 0.417 e. The Bertz CT molecular complexity index is 2050. The quantitative estimate of drug-likeness (QED) is 0.212. The van der Waals surface area contributed by atoms with E-state index in [0.29, 0.717) is 48.0 Å². The van der Waals surface area contributed by atoms with Crippen molar-refractivity contribution in [1.29, 1.82) is 5.26 Å². The second-order valence-corrected chi connectivity index (χ2v) is 11.1. The number of nitrogens with zero attached hydrogens (tertiary/aromatic N) is 2. The van der Waals surface area contributed by atoms with Crippen LogP contribution >= 0.6 is 0 Å². The molecule has 3 aromatic carbocycles. The van der Waals surface area contributed by atoms with E-state index in [-0.39, 0.29) is 33.5 Å². The fraction of sp³-hybridized carbons (Fsp3) is 0.214. The first-order valence-corrected chi connectivity index (χ1v) is 13.8. The van der Waals surface area contributed by atoms with Crippen LogP contribution in [-0.4, -0.2) is 31.1 Å². The molecule has 12 heteroatoms. The van der Waals surface area contributed by atoms with Gasteiger partial charge in [-0.2, -0.15) is 26.9 Å². The average molecular weight is 569 g/mol. The summed E-state index contributed by atoms with van der Waals surface area (Å²) in [6.07, 6.45) is -3.63. The molecule has 1 aliphatic heterocycles. The Morgan fingerprint density at radius 1 is 1.00 bits per heavy atom. The van der Waals surface area contributed by atoms with Crippen LogP contribution in [0.4, 0.5) is 17.1 Å². The van der Waals surface area contributed by atoms with Crippen LogP contribution in [0.1, 0.15) is 30.0 Å². The average Bonchev–Trinajstić information content (AvgIpc) is 3.30. The third-order valence-corrected chi connectivity index (χ3v) is 8.24. The summed E-state index contributed by atoms with van der Waals surface area (Å²) in [7, 11) is -5.18. The summed E-state index contributed by atoms with van der Waals surface area (Å²) in [5.74, 6) is 0. The fourth-order valence-electron chi connectivity index (χ4n) is 5.62. The highest BCUT2D eigenvalue weighted by Crippen LogP contribution is 2.41. The number of aromatic nitrogens is 2. The standard InChI is InChI=1S/C28H20F4N4O3S/c29-28(30,31)22-12-21-24(13-20(22)16-2-1-3-18(11-16)40(32,38)39)36(17-6-8-34-9-7-17)27-25(26(21)37)19-5-4-15(14-33)10-23(19)35-27/h1-5,10-13,17,34-35H,6-9H2. The first kappa shape index (κ1) is 26.0. The maximum atomic E-state index is 14.4. The predicted octanol–water partition coefficient (Wildman–Crippen LogP) is 5.78. The molecule has 7 nitrogen and oxygen atoms in total. The van der Waals surface area contributed by atoms with Gasteiger partial charge in [0.15, 0.2) is 5.43 Å². The van der Waals surface area contributed by atoms with Gasteiger partial charge in [-0.3, -0.25) is 4.79 Å². The smallest absolute Gasteiger partial charge is 0.340 e. The Kier molecular flexibility index (Phi) is 5.97. The van der Waals surface area contributed by atoms with E-state index in [9.17, 15) is 35.5 Å². The molecular weight excluding hydrogens is 548 g/mol. The number of hydrogen-bond acceptors (Lipinski definition) is 5. The van der Waals surface area contributed by atoms with Gasteiger partial charge < -0.3 is 14.9 Å². The molecule has 6 rings (SSSR count). The third kappa shape index (κ3) is 4.22. The van der Waals surface area contributed by atoms with Crippen molar-refractivity contribution in [1.82, 2.24) is 14.9 Å². The van der Waals surface area contributed by atoms with Crippen molar-refractivity contribution in [2.75, 3.05) is 13.1 Å². The highest BCUT2D eigenvalue weighted by atomic mass is 32.3. The molecule has 5 aromatic rings. The van der Waals surface area contributed by atoms with Crippen molar-refractivity contribution in [3.63, 3.8) is 0 Å². The number of nitrogens with one attached hydrogen (secondary N) is 2. The molecule has 40 heavy (non-hydrogen) atoms. The number of aromatic amines is 1. The largest absolute Gasteiger partial charge is 0.417 e. The zero-order valence-electron chi connectivity index (χ0n) is 20.6. The number of H-pyrrole nitrogens is 1. The summed E-state index contributed by atoms with van der Waals surface area (Å²) in [6, 6.07) is 12.9. The summed E-state index contributed by atoms with van der Waals surface area (Å²) in [6.45, 7) is 1.31. The molecule has 0 spiro atoms. The number of nitriles is 1. The van der Waals surface area contributed by atoms with Gasteiger partial charge in [0.05, 0.1) is 33.0 Å². The molecule has 0 radical (unpaired) electrons. The Morgan fingerprint density at radius 2 is 1.75 bits per heavy atom. The first-order chi connectivity index (χ1) is 19.0. The van der Waals surface area contributed by atoms with Crippen molar-refractivity contribution in [2.45, 2.75) is 30.0 Å². The highest BCUT2D eigenvalue weighted by molar-refractivity contribution is 7.86. The van der Waals surface area contributed by atoms with Crippen molar-refractivity contribution in [3.8, 4) is 17.2 Å². The molecule has 1 fully saturated rings. The molecule has 1 aliphatic rings. The van der Waals surface area contributed by atoms with Crippen molar-refractivity contribution in [3.05, 3.63) is 75.9 Å². The van der Waals surface area contributed by atoms with Gasteiger partial charge in [-0.25, -0.2) is 0 Å². The Balaban J connectivity index is 1.78. The zero-order chi connectivity index (χ0) is 28.4. The molecule has 3 heterocycles. The van der Waals surface area contributed by atoms with E-state index in [1.165, 1.54) is 18.2 Å². The van der Waals surface area contributed by atoms with Gasteiger partial charge in [-0.1, -0.05) is 18.2 Å². The maximum absolute atomic E-state index is 14.4. The number of rotatable bonds is 3. The van der Waals surface area contributed by atoms with E-state index in [0.717, 1.165) is 18.2 Å². The third-order valence-electron chi connectivity index (χ3n) is 7.42. The zero-order valence-corrected chi connectivity index (χ0v) is 21.5. The lowest BCUT2D eigenvalue weighted by atomic mass is 9.95. The number of benzene rings is 3. The van der Waals surface area contributed by atoms with Crippen LogP contribution in [-0.2, 0) is 16.4 Å². The van der Waals surface area contributed by atoms with Crippen LogP contribution in [0.5, 0.6) is 0 Å². The number of piperidine rings is 1. The molecule has 2 N–H and O–H groups in total. The first-order valence-electron chi connectivity index (χ1n) is 12.4. The minimum absolute atomic E-state index is 0.151. The van der Waals surface area contributed by atoms with Gasteiger partial charge in [0.25, 0.3) is 0 Å². The van der Waals surface area contributed by atoms with E-state index in [4.69, 9.17) is 0 Å². The molecule has 0 amide bonds. The van der Waals surface area contributed by atoms with E-state index < -0.39 is 32.3 Å². The van der Waals surface area contributed by atoms with Gasteiger partial charge in [0, 0.05) is 22.3 Å². The lowest BCUT2D eigenvalue weighted by Crippen LogP contribution is -2.30. The molecule has 2 aromatic heterocycles. The molecule has 0 atom stereocenters. The van der Waals surface area contributed by atoms with Crippen molar-refractivity contribution in [2.24, 2.45) is 0 Å². The Labute approximate surface area is 224 Å². The van der Waals surface area contributed by atoms with Crippen LogP contribution < -0.4 is 10.7 Å². The van der Waals surface area contributed by atoms with Crippen LogP contribution in [0.2, 0.25) is 0 Å². The minimum atomic E-state index is -5.18. The van der Waals surface area contributed by atoms with Crippen LogP contribution in [0.3, 0.4) is 0 Å². The van der Waals surface area contributed by atoms with Crippen molar-refractivity contribution < 1.29 is 25.5 Å². The molecule has 0 saturated carbocycles. The fourth-order valence-corrected chi connectivity index (χ4v) is 6.13. The van der Waals surface area contributed by atoms with Gasteiger partial charge >= 0.3 is 16.4 Å². The molecule has 0 bridgehead atoms. The number of halogens is 4. The van der Waals surface area contributed by atoms with Gasteiger partial charge in [0.1, 0.15) is 5.65 Å². The molecule has 0 unspecified atom stereocenters. The summed E-state index contributed by atoms with van der Waals surface area (Å²) in [4.78, 5) is 16.3. The van der Waals surface area contributed by atoms with E-state index in [1.807, 2.05) is 10.6 Å². The topological polar surface area (TPSA) is 108 Å². The molecule has 1 saturated heterocycles. The molecule has 204 valence electrons. The monoisotopic (exact) mass is 568 g/mol. The normalized spacial score (nSPS) is 15.2. The summed E-state index contributed by atoms with van der Waals surface area (Å²) < 4.78 is 81.9. The Hall–Kier alpha value is -4.21. The van der Waals surface area contributed by atoms with Crippen LogP contribution in [0, 0.1) is 11.3 Å². The number of fused-ring (bicyclic) bond motifs is 4. The van der Waals surface area contributed by atoms with E-state index >= 15 is 0 Å². The molecule has 0 aliphatic carbocycles. The minimum Gasteiger partial charge on any atom is -0.340 e. The lowest BCUT2D eigenvalue weighted by molar-refractivity contribution is -0.137. The van der Waals surface area contributed by atoms with Gasteiger partial charge in [-0.15, -0.1) is 3.89 Å². The molecular formula is C28H20F4N4O3S. The predicted molar refractivity (Wildman–Crippen MR) is 142 cm³/mol. The highest BCUT2D eigenvalue weighted by Gasteiger charge is 2.36. The summed E-state index contributed by atoms with van der Waals surface area (Å²) in [5.41, 5.74) is -0.789. The van der Waals surface area contributed by atoms with Gasteiger partial charge in [-0.05, 0) is 73.5 Å². The second kappa shape index (κ2) is 9.18. The van der Waals surface area contributed by atoms with Crippen LogP contribution in [0.25, 0.3) is 44.0 Å². The second-order valence-electron chi connectivity index (χ2n) is 9.78. The lowest BCUT2D eigenvalue weighted by Gasteiger charge is -2.28. The number of alkyl halides is 3. The van der Waals surface area contributed by atoms with E-state index in [1.54, 1.807) is 18.2 Å². The summed E-state index contributed by atoms with van der Waals surface area (Å²) >= 11 is 0. The van der Waals surface area contributed by atoms with Crippen LogP contribution in [0.15, 0.2) is 64.3 Å². The Morgan fingerprint density at radius 3 is 2.42 bits per heavy atom. The SMILES string of the molecule is N#Cc1ccc2c(c1)[nH]c1c2c(=O)c2cc(C(F)(F)F)c(-c3cccc(S(=O)(=O)F)c3)cc2n1C1CCNCC1. The number of hydrogen-bond donors (Lipinski definition) is 2. The van der Waals surface area contributed by atoms with E-state index in [2.05, 4.69) is 10.3 Å². The summed E-state index contributed by atoms with van der Waals surface area (Å²) in [5, 5.41) is 13.2.